The first-order chi connectivity index (χ1) is 9.41. The number of hydrogen-bond donors (Lipinski definition) is 1. The van der Waals surface area contributed by atoms with E-state index in [4.69, 9.17) is 0 Å². The van der Waals surface area contributed by atoms with Crippen LogP contribution < -0.4 is 5.32 Å². The predicted molar refractivity (Wildman–Crippen MR) is 80.2 cm³/mol. The van der Waals surface area contributed by atoms with E-state index in [9.17, 15) is 13.2 Å². The van der Waals surface area contributed by atoms with E-state index < -0.39 is 10.0 Å². The van der Waals surface area contributed by atoms with E-state index in [2.05, 4.69) is 21.2 Å². The zero-order valence-electron chi connectivity index (χ0n) is 10.9. The van der Waals surface area contributed by atoms with Gasteiger partial charge >= 0.3 is 0 Å². The fourth-order valence-corrected chi connectivity index (χ4v) is 6.94. The van der Waals surface area contributed by atoms with E-state index in [0.717, 1.165) is 22.2 Å². The van der Waals surface area contributed by atoms with Crippen LogP contribution in [0.4, 0.5) is 0 Å². The van der Waals surface area contributed by atoms with Crippen LogP contribution in [-0.4, -0.2) is 37.8 Å². The molecule has 1 amide bonds. The molecule has 20 heavy (non-hydrogen) atoms. The summed E-state index contributed by atoms with van der Waals surface area (Å²) >= 11 is 4.60. The zero-order chi connectivity index (χ0) is 14.5. The largest absolute Gasteiger partial charge is 0.354 e. The van der Waals surface area contributed by atoms with Gasteiger partial charge in [0.2, 0.25) is 5.91 Å². The SMILES string of the molecule is Cc1cc(S(=O)(=O)N2CCCC3C(=O)NCC32)sc1Br. The Bertz CT molecular complexity index is 636. The van der Waals surface area contributed by atoms with Crippen molar-refractivity contribution in [1.29, 1.82) is 0 Å². The molecule has 0 aliphatic carbocycles. The first-order valence-corrected chi connectivity index (χ1v) is 9.51. The third-order valence-corrected chi connectivity index (χ3v) is 8.46. The van der Waals surface area contributed by atoms with Crippen molar-refractivity contribution >= 4 is 43.2 Å². The monoisotopic (exact) mass is 378 g/mol. The lowest BCUT2D eigenvalue weighted by Crippen LogP contribution is -2.48. The molecule has 110 valence electrons. The third kappa shape index (κ3) is 2.22. The van der Waals surface area contributed by atoms with Crippen LogP contribution in [0.3, 0.4) is 0 Å². The molecule has 1 N–H and O–H groups in total. The summed E-state index contributed by atoms with van der Waals surface area (Å²) < 4.78 is 28.3. The maximum atomic E-state index is 12.8. The van der Waals surface area contributed by atoms with E-state index in [1.807, 2.05) is 6.92 Å². The van der Waals surface area contributed by atoms with Gasteiger partial charge in [0.05, 0.1) is 15.7 Å². The highest BCUT2D eigenvalue weighted by Crippen LogP contribution is 2.36. The molecule has 8 heteroatoms. The van der Waals surface area contributed by atoms with E-state index in [1.54, 1.807) is 6.07 Å². The fourth-order valence-electron chi connectivity index (χ4n) is 2.89. The number of carbonyl (C=O) groups excluding carboxylic acids is 1. The van der Waals surface area contributed by atoms with Crippen LogP contribution in [0.2, 0.25) is 0 Å². The molecule has 2 saturated heterocycles. The van der Waals surface area contributed by atoms with E-state index in [0.29, 0.717) is 17.3 Å². The van der Waals surface area contributed by atoms with Crippen molar-refractivity contribution in [2.75, 3.05) is 13.1 Å². The summed E-state index contributed by atoms with van der Waals surface area (Å²) in [6, 6.07) is 1.46. The molecule has 2 aliphatic rings. The summed E-state index contributed by atoms with van der Waals surface area (Å²) in [5.74, 6) is -0.207. The number of carbonyl (C=O) groups is 1. The van der Waals surface area contributed by atoms with Crippen molar-refractivity contribution in [3.63, 3.8) is 0 Å². The Morgan fingerprint density at radius 2 is 2.25 bits per heavy atom. The lowest BCUT2D eigenvalue weighted by Gasteiger charge is -2.34. The number of sulfonamides is 1. The number of nitrogens with zero attached hydrogens (tertiary/aromatic N) is 1. The van der Waals surface area contributed by atoms with Gasteiger partial charge in [0, 0.05) is 13.1 Å². The summed E-state index contributed by atoms with van der Waals surface area (Å²) in [6.45, 7) is 2.79. The zero-order valence-corrected chi connectivity index (χ0v) is 14.1. The quantitative estimate of drug-likeness (QED) is 0.851. The van der Waals surface area contributed by atoms with E-state index >= 15 is 0 Å². The number of thiophene rings is 1. The lowest BCUT2D eigenvalue weighted by molar-refractivity contribution is -0.123. The number of nitrogens with one attached hydrogen (secondary N) is 1. The van der Waals surface area contributed by atoms with Crippen LogP contribution in [0.25, 0.3) is 0 Å². The van der Waals surface area contributed by atoms with Crippen molar-refractivity contribution in [3.05, 3.63) is 15.4 Å². The molecule has 0 saturated carbocycles. The standard InChI is InChI=1S/C12H15BrN2O3S2/c1-7-5-10(19-11(7)13)20(17,18)15-4-2-3-8-9(15)6-14-12(8)16/h5,8-9H,2-4,6H2,1H3,(H,14,16). The molecule has 5 nitrogen and oxygen atoms in total. The number of hydrogen-bond acceptors (Lipinski definition) is 4. The van der Waals surface area contributed by atoms with Crippen LogP contribution in [0.15, 0.2) is 14.1 Å². The van der Waals surface area contributed by atoms with Crippen molar-refractivity contribution in [3.8, 4) is 0 Å². The average molecular weight is 379 g/mol. The Hall–Kier alpha value is -0.440. The van der Waals surface area contributed by atoms with Crippen LogP contribution >= 0.6 is 27.3 Å². The molecule has 2 fully saturated rings. The van der Waals surface area contributed by atoms with Gasteiger partial charge in [-0.05, 0) is 47.3 Å². The highest BCUT2D eigenvalue weighted by Gasteiger charge is 2.46. The number of rotatable bonds is 2. The molecule has 3 heterocycles. The summed E-state index contributed by atoms with van der Waals surface area (Å²) in [6.07, 6.45) is 1.51. The van der Waals surface area contributed by atoms with Gasteiger partial charge in [-0.3, -0.25) is 4.79 Å². The molecule has 3 rings (SSSR count). The highest BCUT2D eigenvalue weighted by atomic mass is 79.9. The molecule has 0 bridgehead atoms. The number of fused-ring (bicyclic) bond motifs is 1. The molecule has 0 aromatic carbocycles. The Morgan fingerprint density at radius 1 is 1.50 bits per heavy atom. The van der Waals surface area contributed by atoms with Crippen LogP contribution in [0.1, 0.15) is 18.4 Å². The van der Waals surface area contributed by atoms with Crippen molar-refractivity contribution in [2.24, 2.45) is 5.92 Å². The van der Waals surface area contributed by atoms with Gasteiger partial charge in [0.1, 0.15) is 4.21 Å². The second kappa shape index (κ2) is 5.08. The topological polar surface area (TPSA) is 66.5 Å². The fraction of sp³-hybridized carbons (Fsp3) is 0.583. The van der Waals surface area contributed by atoms with Gasteiger partial charge in [0.15, 0.2) is 0 Å². The van der Waals surface area contributed by atoms with Gasteiger partial charge in [-0.2, -0.15) is 4.31 Å². The summed E-state index contributed by atoms with van der Waals surface area (Å²) in [4.78, 5) is 11.7. The normalized spacial score (nSPS) is 27.4. The van der Waals surface area contributed by atoms with Crippen molar-refractivity contribution in [2.45, 2.75) is 30.0 Å². The van der Waals surface area contributed by atoms with Crippen LogP contribution in [0, 0.1) is 12.8 Å². The highest BCUT2D eigenvalue weighted by molar-refractivity contribution is 9.11. The average Bonchev–Trinajstić information content (AvgIpc) is 2.95. The second-order valence-electron chi connectivity index (χ2n) is 5.20. The number of amides is 1. The first kappa shape index (κ1) is 14.5. The number of aryl methyl sites for hydroxylation is 1. The number of halogens is 1. The molecule has 2 unspecified atom stereocenters. The Balaban J connectivity index is 1.96. The molecular formula is C12H15BrN2O3S2. The first-order valence-electron chi connectivity index (χ1n) is 6.47. The maximum absolute atomic E-state index is 12.8. The Labute approximate surface area is 130 Å². The van der Waals surface area contributed by atoms with Crippen LogP contribution in [0.5, 0.6) is 0 Å². The third-order valence-electron chi connectivity index (χ3n) is 3.95. The summed E-state index contributed by atoms with van der Waals surface area (Å²) in [5, 5.41) is 2.78. The maximum Gasteiger partial charge on any atom is 0.252 e. The molecule has 0 radical (unpaired) electrons. The van der Waals surface area contributed by atoms with Gasteiger partial charge in [-0.25, -0.2) is 8.42 Å². The molecular weight excluding hydrogens is 364 g/mol. The minimum absolute atomic E-state index is 0.0153. The molecule has 0 spiro atoms. The Kier molecular flexibility index (Phi) is 3.68. The smallest absolute Gasteiger partial charge is 0.252 e. The van der Waals surface area contributed by atoms with Gasteiger partial charge in [-0.15, -0.1) is 11.3 Å². The summed E-state index contributed by atoms with van der Waals surface area (Å²) in [7, 11) is -3.51. The molecule has 1 aromatic rings. The minimum Gasteiger partial charge on any atom is -0.354 e. The molecule has 1 aromatic heterocycles. The minimum atomic E-state index is -3.51. The Morgan fingerprint density at radius 3 is 2.90 bits per heavy atom. The van der Waals surface area contributed by atoms with Gasteiger partial charge in [-0.1, -0.05) is 0 Å². The molecule has 2 atom stereocenters. The lowest BCUT2D eigenvalue weighted by atomic mass is 9.93. The summed E-state index contributed by atoms with van der Waals surface area (Å²) in [5.41, 5.74) is 0.919. The van der Waals surface area contributed by atoms with E-state index in [-0.39, 0.29) is 17.9 Å². The van der Waals surface area contributed by atoms with Gasteiger partial charge in [0.25, 0.3) is 10.0 Å². The van der Waals surface area contributed by atoms with Crippen molar-refractivity contribution < 1.29 is 13.2 Å². The van der Waals surface area contributed by atoms with Gasteiger partial charge < -0.3 is 5.32 Å². The number of piperidine rings is 1. The van der Waals surface area contributed by atoms with Crippen molar-refractivity contribution in [1.82, 2.24) is 9.62 Å². The second-order valence-corrected chi connectivity index (χ2v) is 9.69. The molecule has 2 aliphatic heterocycles. The predicted octanol–water partition coefficient (Wildman–Crippen LogP) is 1.72. The van der Waals surface area contributed by atoms with E-state index in [1.165, 1.54) is 15.6 Å². The van der Waals surface area contributed by atoms with Crippen LogP contribution in [-0.2, 0) is 14.8 Å².